The number of nitrogens with one attached hydrogen (secondary N) is 1. The Kier molecular flexibility index (Phi) is 7.60. The summed E-state index contributed by atoms with van der Waals surface area (Å²) in [6, 6.07) is 16.6. The van der Waals surface area contributed by atoms with Gasteiger partial charge in [0.1, 0.15) is 11.9 Å². The molecule has 2 aromatic carbocycles. The van der Waals surface area contributed by atoms with Crippen molar-refractivity contribution in [2.45, 2.75) is 64.2 Å². The number of hydrogen-bond donors (Lipinski definition) is 1. The number of amides is 2. The fraction of sp³-hybridized carbons (Fsp3) is 0.367. The Hall–Kier alpha value is -3.58. The van der Waals surface area contributed by atoms with E-state index >= 15 is 0 Å². The number of anilines is 1. The largest absolute Gasteiger partial charge is 0.351 e. The monoisotopic (exact) mass is 500 g/mol. The molecule has 1 N–H and O–H groups in total. The fourth-order valence-corrected chi connectivity index (χ4v) is 5.53. The van der Waals surface area contributed by atoms with E-state index in [4.69, 9.17) is 0 Å². The zero-order valence-electron chi connectivity index (χ0n) is 21.2. The number of pyridine rings is 1. The van der Waals surface area contributed by atoms with Gasteiger partial charge in [-0.25, -0.2) is 4.39 Å². The number of nitrogens with zero attached hydrogens (tertiary/aromatic N) is 3. The van der Waals surface area contributed by atoms with Gasteiger partial charge in [-0.15, -0.1) is 0 Å². The van der Waals surface area contributed by atoms with E-state index in [1.807, 2.05) is 48.2 Å². The number of fused-ring (bicyclic) bond motifs is 1. The van der Waals surface area contributed by atoms with Crippen molar-refractivity contribution >= 4 is 17.5 Å². The van der Waals surface area contributed by atoms with Gasteiger partial charge in [0.15, 0.2) is 0 Å². The molecule has 1 aliphatic carbocycles. The normalized spacial score (nSPS) is 16.7. The molecule has 1 fully saturated rings. The first-order valence-electron chi connectivity index (χ1n) is 13.1. The maximum Gasteiger partial charge on any atom is 0.248 e. The van der Waals surface area contributed by atoms with Crippen molar-refractivity contribution in [1.29, 1.82) is 0 Å². The lowest BCUT2D eigenvalue weighted by Crippen LogP contribution is -2.49. The van der Waals surface area contributed by atoms with Gasteiger partial charge in [-0.05, 0) is 60.7 Å². The topological polar surface area (TPSA) is 65.5 Å². The number of rotatable bonds is 7. The lowest BCUT2D eigenvalue weighted by molar-refractivity contribution is -0.127. The average molecular weight is 501 g/mol. The van der Waals surface area contributed by atoms with Crippen LogP contribution in [0, 0.1) is 12.7 Å². The second-order valence-corrected chi connectivity index (χ2v) is 10.1. The molecule has 3 aromatic rings. The molecule has 6 nitrogen and oxygen atoms in total. The number of halogens is 1. The van der Waals surface area contributed by atoms with Crippen molar-refractivity contribution in [3.8, 4) is 0 Å². The second-order valence-electron chi connectivity index (χ2n) is 10.1. The van der Waals surface area contributed by atoms with Gasteiger partial charge in [0.2, 0.25) is 11.8 Å². The molecule has 2 aliphatic rings. The molecule has 0 saturated heterocycles. The fourth-order valence-electron chi connectivity index (χ4n) is 5.53. The zero-order chi connectivity index (χ0) is 25.8. The van der Waals surface area contributed by atoms with Gasteiger partial charge >= 0.3 is 0 Å². The van der Waals surface area contributed by atoms with Crippen LogP contribution < -0.4 is 10.2 Å². The van der Waals surface area contributed by atoms with Crippen molar-refractivity contribution in [2.75, 3.05) is 11.4 Å². The Morgan fingerprint density at radius 3 is 2.62 bits per heavy atom. The molecule has 1 unspecified atom stereocenters. The highest BCUT2D eigenvalue weighted by atomic mass is 19.1. The third-order valence-corrected chi connectivity index (χ3v) is 7.41. The van der Waals surface area contributed by atoms with Crippen molar-refractivity contribution in [2.24, 2.45) is 0 Å². The summed E-state index contributed by atoms with van der Waals surface area (Å²) in [5.41, 5.74) is 4.06. The summed E-state index contributed by atoms with van der Waals surface area (Å²) in [4.78, 5) is 35.9. The first-order chi connectivity index (χ1) is 18.0. The highest BCUT2D eigenvalue weighted by Gasteiger charge is 2.36. The average Bonchev–Trinajstić information content (AvgIpc) is 3.30. The summed E-state index contributed by atoms with van der Waals surface area (Å²) < 4.78 is 14.4. The van der Waals surface area contributed by atoms with E-state index in [0.717, 1.165) is 48.1 Å². The smallest absolute Gasteiger partial charge is 0.248 e. The SMILES string of the molecule is Cc1ccccc1C(C(=O)NC1CCCCC1)N(C(=O)CN1Cc2cccnc2C1)c1cccc(F)c1. The first kappa shape index (κ1) is 25.1. The molecule has 0 radical (unpaired) electrons. The highest BCUT2D eigenvalue weighted by molar-refractivity contribution is 6.02. The molecule has 5 rings (SSSR count). The van der Waals surface area contributed by atoms with Crippen LogP contribution in [0.2, 0.25) is 0 Å². The van der Waals surface area contributed by atoms with Gasteiger partial charge < -0.3 is 5.32 Å². The predicted molar refractivity (Wildman–Crippen MR) is 141 cm³/mol. The van der Waals surface area contributed by atoms with Crippen LogP contribution in [0.25, 0.3) is 0 Å². The minimum atomic E-state index is -0.916. The second kappa shape index (κ2) is 11.2. The van der Waals surface area contributed by atoms with Crippen LogP contribution in [-0.4, -0.2) is 34.3 Å². The van der Waals surface area contributed by atoms with Gasteiger partial charge in [-0.3, -0.25) is 24.4 Å². The summed E-state index contributed by atoms with van der Waals surface area (Å²) in [7, 11) is 0. The van der Waals surface area contributed by atoms with Crippen LogP contribution in [0.15, 0.2) is 66.9 Å². The third kappa shape index (κ3) is 5.72. The zero-order valence-corrected chi connectivity index (χ0v) is 21.2. The van der Waals surface area contributed by atoms with Crippen molar-refractivity contribution in [3.05, 3.63) is 95.1 Å². The Morgan fingerprint density at radius 1 is 1.05 bits per heavy atom. The Bertz CT molecular complexity index is 1250. The molecular weight excluding hydrogens is 467 g/mol. The molecular formula is C30H33FN4O2. The number of carbonyl (C=O) groups is 2. The van der Waals surface area contributed by atoms with Gasteiger partial charge in [0, 0.05) is 31.0 Å². The minimum Gasteiger partial charge on any atom is -0.351 e. The standard InChI is InChI=1S/C30H33FN4O2/c1-21-9-5-6-15-26(21)29(30(37)33-24-12-3-2-4-13-24)35(25-14-7-11-23(31)17-25)28(36)20-34-18-22-10-8-16-32-27(22)19-34/h5-11,14-17,24,29H,2-4,12-13,18-20H2,1H3,(H,33,37). The number of aromatic nitrogens is 1. The lowest BCUT2D eigenvalue weighted by Gasteiger charge is -2.35. The lowest BCUT2D eigenvalue weighted by atomic mass is 9.93. The van der Waals surface area contributed by atoms with Gasteiger partial charge in [0.05, 0.1) is 12.2 Å². The van der Waals surface area contributed by atoms with Crippen LogP contribution in [-0.2, 0) is 22.7 Å². The molecule has 0 bridgehead atoms. The Morgan fingerprint density at radius 2 is 1.86 bits per heavy atom. The molecule has 1 aliphatic heterocycles. The minimum absolute atomic E-state index is 0.0800. The molecule has 192 valence electrons. The summed E-state index contributed by atoms with van der Waals surface area (Å²) in [6.07, 6.45) is 6.95. The molecule has 1 atom stereocenters. The van der Waals surface area contributed by atoms with E-state index in [1.165, 1.54) is 23.5 Å². The van der Waals surface area contributed by atoms with E-state index in [9.17, 15) is 14.0 Å². The number of aryl methyl sites for hydroxylation is 1. The van der Waals surface area contributed by atoms with E-state index in [0.29, 0.717) is 18.8 Å². The number of carbonyl (C=O) groups excluding carboxylic acids is 2. The predicted octanol–water partition coefficient (Wildman–Crippen LogP) is 5.07. The van der Waals surface area contributed by atoms with E-state index in [1.54, 1.807) is 18.3 Å². The number of hydrogen-bond acceptors (Lipinski definition) is 4. The molecule has 2 heterocycles. The van der Waals surface area contributed by atoms with E-state index in [-0.39, 0.29) is 24.4 Å². The van der Waals surface area contributed by atoms with Crippen LogP contribution >= 0.6 is 0 Å². The van der Waals surface area contributed by atoms with Crippen molar-refractivity contribution < 1.29 is 14.0 Å². The third-order valence-electron chi connectivity index (χ3n) is 7.41. The van der Waals surface area contributed by atoms with Gasteiger partial charge in [-0.1, -0.05) is 55.7 Å². The quantitative estimate of drug-likeness (QED) is 0.492. The van der Waals surface area contributed by atoms with Gasteiger partial charge in [-0.2, -0.15) is 0 Å². The van der Waals surface area contributed by atoms with Crippen LogP contribution in [0.3, 0.4) is 0 Å². The van der Waals surface area contributed by atoms with Gasteiger partial charge in [0.25, 0.3) is 0 Å². The van der Waals surface area contributed by atoms with Crippen LogP contribution in [0.4, 0.5) is 10.1 Å². The summed E-state index contributed by atoms with van der Waals surface area (Å²) in [5.74, 6) is -0.945. The highest BCUT2D eigenvalue weighted by Crippen LogP contribution is 2.32. The van der Waals surface area contributed by atoms with E-state index < -0.39 is 11.9 Å². The molecule has 1 aromatic heterocycles. The van der Waals surface area contributed by atoms with Crippen molar-refractivity contribution in [3.63, 3.8) is 0 Å². The molecule has 0 spiro atoms. The van der Waals surface area contributed by atoms with Crippen LogP contribution in [0.5, 0.6) is 0 Å². The molecule has 7 heteroatoms. The molecule has 1 saturated carbocycles. The first-order valence-corrected chi connectivity index (χ1v) is 13.1. The Labute approximate surface area is 217 Å². The van der Waals surface area contributed by atoms with Crippen LogP contribution in [0.1, 0.15) is 60.5 Å². The van der Waals surface area contributed by atoms with E-state index in [2.05, 4.69) is 10.3 Å². The molecule has 2 amide bonds. The van der Waals surface area contributed by atoms with Crippen molar-refractivity contribution in [1.82, 2.24) is 15.2 Å². The summed E-state index contributed by atoms with van der Waals surface area (Å²) in [5, 5.41) is 3.22. The maximum absolute atomic E-state index is 14.4. The Balaban J connectivity index is 1.50. The molecule has 37 heavy (non-hydrogen) atoms. The number of benzene rings is 2. The summed E-state index contributed by atoms with van der Waals surface area (Å²) in [6.45, 7) is 3.19. The summed E-state index contributed by atoms with van der Waals surface area (Å²) >= 11 is 0. The maximum atomic E-state index is 14.4.